The Balaban J connectivity index is 2.32. The average molecular weight is 236 g/mol. The first-order chi connectivity index (χ1) is 7.56. The van der Waals surface area contributed by atoms with Crippen LogP contribution in [0.1, 0.15) is 5.56 Å². The summed E-state index contributed by atoms with van der Waals surface area (Å²) in [5.41, 5.74) is 0.586. The molecule has 16 heavy (non-hydrogen) atoms. The number of amidine groups is 1. The Kier molecular flexibility index (Phi) is 2.57. The summed E-state index contributed by atoms with van der Waals surface area (Å²) in [6.07, 6.45) is 1.54. The van der Waals surface area contributed by atoms with Gasteiger partial charge in [0.2, 0.25) is 0 Å². The third-order valence-corrected chi connectivity index (χ3v) is 2.79. The first-order valence-corrected chi connectivity index (χ1v) is 5.19. The molecular weight excluding hydrogens is 228 g/mol. The highest BCUT2D eigenvalue weighted by Gasteiger charge is 2.22. The Labute approximate surface area is 95.3 Å². The number of amides is 1. The summed E-state index contributed by atoms with van der Waals surface area (Å²) in [6.45, 7) is 0. The molecule has 1 aliphatic heterocycles. The SMILES string of the molecule is N=C1NC(=O)/C(=C\c2ccc(O)c(O)c2)S1. The minimum Gasteiger partial charge on any atom is -0.504 e. The Morgan fingerprint density at radius 2 is 2.06 bits per heavy atom. The zero-order valence-corrected chi connectivity index (χ0v) is 8.84. The fourth-order valence-corrected chi connectivity index (χ4v) is 1.93. The molecule has 1 aromatic rings. The lowest BCUT2D eigenvalue weighted by Gasteiger charge is -1.99. The number of carbonyl (C=O) groups excluding carboxylic acids is 1. The molecule has 2 rings (SSSR count). The van der Waals surface area contributed by atoms with Gasteiger partial charge in [0.25, 0.3) is 5.91 Å². The maximum absolute atomic E-state index is 11.3. The molecule has 0 spiro atoms. The Bertz CT molecular complexity index is 511. The maximum Gasteiger partial charge on any atom is 0.264 e. The molecule has 0 atom stereocenters. The molecule has 5 nitrogen and oxygen atoms in total. The summed E-state index contributed by atoms with van der Waals surface area (Å²) >= 11 is 1.02. The van der Waals surface area contributed by atoms with E-state index in [9.17, 15) is 9.90 Å². The molecule has 1 saturated heterocycles. The minimum atomic E-state index is -0.331. The van der Waals surface area contributed by atoms with Gasteiger partial charge in [0.05, 0.1) is 4.91 Å². The number of carbonyl (C=O) groups is 1. The summed E-state index contributed by atoms with van der Waals surface area (Å²) in [6, 6.07) is 4.25. The molecule has 0 unspecified atom stereocenters. The van der Waals surface area contributed by atoms with Crippen molar-refractivity contribution in [2.24, 2.45) is 0 Å². The van der Waals surface area contributed by atoms with Crippen LogP contribution in [0.5, 0.6) is 11.5 Å². The zero-order chi connectivity index (χ0) is 11.7. The van der Waals surface area contributed by atoms with E-state index in [-0.39, 0.29) is 22.6 Å². The Morgan fingerprint density at radius 1 is 1.31 bits per heavy atom. The van der Waals surface area contributed by atoms with Gasteiger partial charge in [0.15, 0.2) is 16.7 Å². The molecule has 6 heteroatoms. The van der Waals surface area contributed by atoms with E-state index >= 15 is 0 Å². The highest BCUT2D eigenvalue weighted by molar-refractivity contribution is 8.18. The van der Waals surface area contributed by atoms with Crippen LogP contribution in [0.15, 0.2) is 23.1 Å². The second-order valence-corrected chi connectivity index (χ2v) is 4.19. The molecule has 1 fully saturated rings. The number of phenols is 2. The van der Waals surface area contributed by atoms with Gasteiger partial charge in [-0.05, 0) is 35.5 Å². The van der Waals surface area contributed by atoms with E-state index < -0.39 is 0 Å². The predicted octanol–water partition coefficient (Wildman–Crippen LogP) is 1.24. The third-order valence-electron chi connectivity index (χ3n) is 1.96. The van der Waals surface area contributed by atoms with Gasteiger partial charge in [-0.3, -0.25) is 10.2 Å². The summed E-state index contributed by atoms with van der Waals surface area (Å²) < 4.78 is 0. The number of aromatic hydroxyl groups is 2. The van der Waals surface area contributed by atoms with E-state index in [4.69, 9.17) is 10.5 Å². The van der Waals surface area contributed by atoms with Crippen molar-refractivity contribution in [3.05, 3.63) is 28.7 Å². The van der Waals surface area contributed by atoms with Crippen LogP contribution in [0.3, 0.4) is 0 Å². The predicted molar refractivity (Wildman–Crippen MR) is 61.2 cm³/mol. The molecule has 82 valence electrons. The fourth-order valence-electron chi connectivity index (χ4n) is 1.22. The van der Waals surface area contributed by atoms with Gasteiger partial charge in [-0.15, -0.1) is 0 Å². The largest absolute Gasteiger partial charge is 0.504 e. The standard InChI is InChI=1S/C10H8N2O3S/c11-10-12-9(15)8(16-10)4-5-1-2-6(13)7(14)3-5/h1-4,13-14H,(H2,11,12,15)/b8-4+. The van der Waals surface area contributed by atoms with E-state index in [2.05, 4.69) is 5.32 Å². The fraction of sp³-hybridized carbons (Fsp3) is 0. The molecule has 0 bridgehead atoms. The number of nitrogens with one attached hydrogen (secondary N) is 2. The summed E-state index contributed by atoms with van der Waals surface area (Å²) in [5.74, 6) is -0.784. The highest BCUT2D eigenvalue weighted by Crippen LogP contribution is 2.29. The van der Waals surface area contributed by atoms with Crippen LogP contribution in [0, 0.1) is 5.41 Å². The molecule has 0 radical (unpaired) electrons. The van der Waals surface area contributed by atoms with Crippen molar-refractivity contribution < 1.29 is 15.0 Å². The number of hydrogen-bond acceptors (Lipinski definition) is 5. The van der Waals surface area contributed by atoms with E-state index in [1.807, 2.05) is 0 Å². The third kappa shape index (κ3) is 2.01. The van der Waals surface area contributed by atoms with Gasteiger partial charge >= 0.3 is 0 Å². The Hall–Kier alpha value is -1.95. The number of benzene rings is 1. The molecule has 4 N–H and O–H groups in total. The van der Waals surface area contributed by atoms with Gasteiger partial charge in [0.1, 0.15) is 0 Å². The number of phenolic OH excluding ortho intramolecular Hbond substituents is 2. The summed E-state index contributed by atoms with van der Waals surface area (Å²) in [5, 5.41) is 28.0. The van der Waals surface area contributed by atoms with Crippen molar-refractivity contribution in [2.75, 3.05) is 0 Å². The van der Waals surface area contributed by atoms with Crippen molar-refractivity contribution in [2.45, 2.75) is 0 Å². The normalized spacial score (nSPS) is 17.9. The second kappa shape index (κ2) is 3.90. The molecule has 1 aromatic carbocycles. The van der Waals surface area contributed by atoms with Crippen molar-refractivity contribution in [1.82, 2.24) is 5.32 Å². The van der Waals surface area contributed by atoms with Crippen LogP contribution in [0.4, 0.5) is 0 Å². The van der Waals surface area contributed by atoms with Gasteiger partial charge in [0, 0.05) is 0 Å². The summed E-state index contributed by atoms with van der Waals surface area (Å²) in [7, 11) is 0. The quantitative estimate of drug-likeness (QED) is 0.436. The highest BCUT2D eigenvalue weighted by atomic mass is 32.2. The van der Waals surface area contributed by atoms with Crippen LogP contribution in [0.2, 0.25) is 0 Å². The van der Waals surface area contributed by atoms with Crippen LogP contribution >= 0.6 is 11.8 Å². The number of thioether (sulfide) groups is 1. The lowest BCUT2D eigenvalue weighted by atomic mass is 10.2. The van der Waals surface area contributed by atoms with E-state index in [1.54, 1.807) is 12.1 Å². The van der Waals surface area contributed by atoms with Crippen molar-refractivity contribution in [3.63, 3.8) is 0 Å². The van der Waals surface area contributed by atoms with Gasteiger partial charge in [-0.1, -0.05) is 6.07 Å². The molecule has 0 saturated carbocycles. The first-order valence-electron chi connectivity index (χ1n) is 4.37. The second-order valence-electron chi connectivity index (χ2n) is 3.14. The Morgan fingerprint density at radius 3 is 2.62 bits per heavy atom. The average Bonchev–Trinajstić information content (AvgIpc) is 2.51. The van der Waals surface area contributed by atoms with Crippen LogP contribution in [-0.4, -0.2) is 21.3 Å². The molecule has 1 aliphatic rings. The molecule has 1 amide bonds. The number of rotatable bonds is 1. The van der Waals surface area contributed by atoms with Crippen LogP contribution in [-0.2, 0) is 4.79 Å². The number of hydrogen-bond donors (Lipinski definition) is 4. The molecule has 0 aromatic heterocycles. The van der Waals surface area contributed by atoms with Crippen molar-refractivity contribution in [3.8, 4) is 11.5 Å². The summed E-state index contributed by atoms with van der Waals surface area (Å²) in [4.78, 5) is 11.7. The first kappa shape index (κ1) is 10.6. The van der Waals surface area contributed by atoms with E-state index in [0.29, 0.717) is 10.5 Å². The van der Waals surface area contributed by atoms with E-state index in [1.165, 1.54) is 12.1 Å². The lowest BCUT2D eigenvalue weighted by Crippen LogP contribution is -2.18. The molecular formula is C10H8N2O3S. The molecule has 0 aliphatic carbocycles. The van der Waals surface area contributed by atoms with E-state index in [0.717, 1.165) is 11.8 Å². The van der Waals surface area contributed by atoms with Gasteiger partial charge in [-0.25, -0.2) is 0 Å². The topological polar surface area (TPSA) is 93.4 Å². The van der Waals surface area contributed by atoms with Crippen molar-refractivity contribution >= 4 is 28.9 Å². The van der Waals surface area contributed by atoms with Gasteiger partial charge < -0.3 is 15.5 Å². The van der Waals surface area contributed by atoms with Crippen LogP contribution < -0.4 is 5.32 Å². The molecule has 1 heterocycles. The monoisotopic (exact) mass is 236 g/mol. The van der Waals surface area contributed by atoms with Crippen molar-refractivity contribution in [1.29, 1.82) is 5.41 Å². The zero-order valence-electron chi connectivity index (χ0n) is 8.02. The van der Waals surface area contributed by atoms with Gasteiger partial charge in [-0.2, -0.15) is 0 Å². The maximum atomic E-state index is 11.3. The lowest BCUT2D eigenvalue weighted by molar-refractivity contribution is -0.115. The van der Waals surface area contributed by atoms with Crippen LogP contribution in [0.25, 0.3) is 6.08 Å². The smallest absolute Gasteiger partial charge is 0.264 e. The minimum absolute atomic E-state index is 0.0826.